The van der Waals surface area contributed by atoms with Crippen LogP contribution in [0.3, 0.4) is 0 Å². The molecule has 0 saturated heterocycles. The smallest absolute Gasteiger partial charge is 0.337 e. The van der Waals surface area contributed by atoms with Crippen LogP contribution in [0.25, 0.3) is 11.1 Å². The van der Waals surface area contributed by atoms with Gasteiger partial charge >= 0.3 is 5.97 Å². The third-order valence-electron chi connectivity index (χ3n) is 2.38. The number of terminal acetylenes is 1. The second-order valence-corrected chi connectivity index (χ2v) is 4.32. The Morgan fingerprint density at radius 1 is 1.29 bits per heavy atom. The summed E-state index contributed by atoms with van der Waals surface area (Å²) in [7, 11) is 1.37. The number of hydrogen-bond acceptors (Lipinski definition) is 3. The van der Waals surface area contributed by atoms with E-state index >= 15 is 0 Å². The number of thiophene rings is 1. The molecule has 0 N–H and O–H groups in total. The average Bonchev–Trinajstić information content (AvgIpc) is 2.87. The van der Waals surface area contributed by atoms with Crippen LogP contribution in [0.5, 0.6) is 0 Å². The molecule has 0 saturated carbocycles. The molecule has 0 fully saturated rings. The van der Waals surface area contributed by atoms with E-state index in [0.29, 0.717) is 5.56 Å². The highest BCUT2D eigenvalue weighted by molar-refractivity contribution is 7.11. The highest BCUT2D eigenvalue weighted by atomic mass is 32.1. The molecule has 0 aliphatic heterocycles. The Bertz CT molecular complexity index is 573. The predicted molar refractivity (Wildman–Crippen MR) is 69.0 cm³/mol. The van der Waals surface area contributed by atoms with Gasteiger partial charge in [-0.2, -0.15) is 0 Å². The maximum atomic E-state index is 11.3. The van der Waals surface area contributed by atoms with Gasteiger partial charge in [0.05, 0.1) is 17.6 Å². The van der Waals surface area contributed by atoms with Crippen LogP contribution in [-0.2, 0) is 4.74 Å². The van der Waals surface area contributed by atoms with Crippen molar-refractivity contribution < 1.29 is 9.53 Å². The van der Waals surface area contributed by atoms with Crippen LogP contribution in [0.4, 0.5) is 0 Å². The molecule has 1 aromatic carbocycles. The monoisotopic (exact) mass is 242 g/mol. The van der Waals surface area contributed by atoms with Crippen molar-refractivity contribution in [1.82, 2.24) is 0 Å². The minimum Gasteiger partial charge on any atom is -0.465 e. The molecule has 0 bridgehead atoms. The van der Waals surface area contributed by atoms with Gasteiger partial charge in [0.1, 0.15) is 0 Å². The van der Waals surface area contributed by atoms with Gasteiger partial charge in [-0.05, 0) is 34.7 Å². The zero-order valence-electron chi connectivity index (χ0n) is 9.27. The first-order valence-corrected chi connectivity index (χ1v) is 5.86. The Morgan fingerprint density at radius 2 is 2.00 bits per heavy atom. The summed E-state index contributed by atoms with van der Waals surface area (Å²) in [6.45, 7) is 0. The second-order valence-electron chi connectivity index (χ2n) is 3.41. The molecule has 2 rings (SSSR count). The largest absolute Gasteiger partial charge is 0.465 e. The van der Waals surface area contributed by atoms with Crippen LogP contribution in [-0.4, -0.2) is 13.1 Å². The van der Waals surface area contributed by atoms with E-state index in [9.17, 15) is 4.79 Å². The van der Waals surface area contributed by atoms with E-state index in [1.807, 2.05) is 23.6 Å². The molecule has 0 aliphatic rings. The SMILES string of the molecule is C#Cc1cc(-c2ccc(C(=O)OC)cc2)cs1. The Balaban J connectivity index is 2.29. The summed E-state index contributed by atoms with van der Waals surface area (Å²) < 4.78 is 4.64. The van der Waals surface area contributed by atoms with E-state index in [1.165, 1.54) is 18.4 Å². The van der Waals surface area contributed by atoms with E-state index in [4.69, 9.17) is 6.42 Å². The first-order valence-electron chi connectivity index (χ1n) is 4.98. The molecule has 0 unspecified atom stereocenters. The lowest BCUT2D eigenvalue weighted by molar-refractivity contribution is 0.0601. The quantitative estimate of drug-likeness (QED) is 0.597. The number of ether oxygens (including phenoxy) is 1. The van der Waals surface area contributed by atoms with Crippen LogP contribution >= 0.6 is 11.3 Å². The Morgan fingerprint density at radius 3 is 2.53 bits per heavy atom. The summed E-state index contributed by atoms with van der Waals surface area (Å²) in [6, 6.07) is 9.21. The topological polar surface area (TPSA) is 26.3 Å². The molecule has 0 amide bonds. The molecule has 3 heteroatoms. The average molecular weight is 242 g/mol. The fourth-order valence-corrected chi connectivity index (χ4v) is 2.20. The van der Waals surface area contributed by atoms with Gasteiger partial charge in [-0.25, -0.2) is 4.79 Å². The molecule has 1 heterocycles. The van der Waals surface area contributed by atoms with Crippen molar-refractivity contribution in [3.63, 3.8) is 0 Å². The lowest BCUT2D eigenvalue weighted by atomic mass is 10.1. The maximum Gasteiger partial charge on any atom is 0.337 e. The fourth-order valence-electron chi connectivity index (χ4n) is 1.48. The van der Waals surface area contributed by atoms with Crippen molar-refractivity contribution >= 4 is 17.3 Å². The Kier molecular flexibility index (Phi) is 3.27. The molecule has 84 valence electrons. The third kappa shape index (κ3) is 2.38. The van der Waals surface area contributed by atoms with Crippen molar-refractivity contribution in [1.29, 1.82) is 0 Å². The lowest BCUT2D eigenvalue weighted by Gasteiger charge is -2.00. The molecule has 17 heavy (non-hydrogen) atoms. The molecule has 2 nitrogen and oxygen atoms in total. The van der Waals surface area contributed by atoms with Gasteiger partial charge < -0.3 is 4.74 Å². The predicted octanol–water partition coefficient (Wildman–Crippen LogP) is 3.18. The van der Waals surface area contributed by atoms with Gasteiger partial charge in [0.2, 0.25) is 0 Å². The summed E-state index contributed by atoms with van der Waals surface area (Å²) in [5, 5.41) is 2.00. The highest BCUT2D eigenvalue weighted by Gasteiger charge is 2.06. The first kappa shape index (κ1) is 11.4. The summed E-state index contributed by atoms with van der Waals surface area (Å²) in [5.74, 6) is 2.27. The van der Waals surface area contributed by atoms with Crippen molar-refractivity contribution in [3.05, 3.63) is 46.2 Å². The summed E-state index contributed by atoms with van der Waals surface area (Å²) >= 11 is 1.53. The second kappa shape index (κ2) is 4.86. The fraction of sp³-hybridized carbons (Fsp3) is 0.0714. The number of methoxy groups -OCH3 is 1. The molecule has 0 spiro atoms. The zero-order chi connectivity index (χ0) is 12.3. The number of carbonyl (C=O) groups excluding carboxylic acids is 1. The summed E-state index contributed by atoms with van der Waals surface area (Å²) in [6.07, 6.45) is 5.32. The van der Waals surface area contributed by atoms with E-state index in [2.05, 4.69) is 10.7 Å². The molecule has 2 aromatic rings. The van der Waals surface area contributed by atoms with E-state index in [1.54, 1.807) is 12.1 Å². The lowest BCUT2D eigenvalue weighted by Crippen LogP contribution is -2.00. The normalized spacial score (nSPS) is 9.65. The molecule has 0 aliphatic carbocycles. The van der Waals surface area contributed by atoms with Crippen molar-refractivity contribution in [2.75, 3.05) is 7.11 Å². The first-order chi connectivity index (χ1) is 8.24. The van der Waals surface area contributed by atoms with E-state index in [-0.39, 0.29) is 5.97 Å². The molecule has 0 atom stereocenters. The van der Waals surface area contributed by atoms with Gasteiger partial charge in [-0.3, -0.25) is 0 Å². The van der Waals surface area contributed by atoms with Gasteiger partial charge in [0.25, 0.3) is 0 Å². The van der Waals surface area contributed by atoms with Gasteiger partial charge in [-0.1, -0.05) is 18.1 Å². The van der Waals surface area contributed by atoms with E-state index in [0.717, 1.165) is 16.0 Å². The minimum atomic E-state index is -0.328. The summed E-state index contributed by atoms with van der Waals surface area (Å²) in [5.41, 5.74) is 2.65. The van der Waals surface area contributed by atoms with Crippen molar-refractivity contribution in [2.24, 2.45) is 0 Å². The zero-order valence-corrected chi connectivity index (χ0v) is 10.1. The summed E-state index contributed by atoms with van der Waals surface area (Å²) in [4.78, 5) is 12.2. The number of carbonyl (C=O) groups is 1. The van der Waals surface area contributed by atoms with Crippen molar-refractivity contribution in [2.45, 2.75) is 0 Å². The van der Waals surface area contributed by atoms with Gasteiger partial charge in [-0.15, -0.1) is 17.8 Å². The molecular weight excluding hydrogens is 232 g/mol. The number of hydrogen-bond donors (Lipinski definition) is 0. The van der Waals surface area contributed by atoms with Crippen LogP contribution in [0, 0.1) is 12.3 Å². The maximum absolute atomic E-state index is 11.3. The van der Waals surface area contributed by atoms with Gasteiger partial charge in [0, 0.05) is 0 Å². The number of rotatable bonds is 2. The van der Waals surface area contributed by atoms with Crippen LogP contribution in [0.1, 0.15) is 15.2 Å². The van der Waals surface area contributed by atoms with Gasteiger partial charge in [0.15, 0.2) is 0 Å². The molecule has 1 aromatic heterocycles. The molecule has 0 radical (unpaired) electrons. The third-order valence-corrected chi connectivity index (χ3v) is 3.24. The van der Waals surface area contributed by atoms with E-state index < -0.39 is 0 Å². The van der Waals surface area contributed by atoms with Crippen LogP contribution < -0.4 is 0 Å². The Hall–Kier alpha value is -2.05. The van der Waals surface area contributed by atoms with Crippen LogP contribution in [0.15, 0.2) is 35.7 Å². The minimum absolute atomic E-state index is 0.328. The highest BCUT2D eigenvalue weighted by Crippen LogP contribution is 2.25. The Labute approximate surface area is 104 Å². The van der Waals surface area contributed by atoms with Crippen LogP contribution in [0.2, 0.25) is 0 Å². The number of benzene rings is 1. The standard InChI is InChI=1S/C14H10O2S/c1-3-13-8-12(9-17-13)10-4-6-11(7-5-10)14(15)16-2/h1,4-9H,2H3. The molecular formula is C14H10O2S. The van der Waals surface area contributed by atoms with Crippen molar-refractivity contribution in [3.8, 4) is 23.5 Å². The number of esters is 1.